The van der Waals surface area contributed by atoms with Crippen molar-refractivity contribution in [2.45, 2.75) is 27.2 Å². The Kier molecular flexibility index (Phi) is 3.72. The number of rotatable bonds is 1. The summed E-state index contributed by atoms with van der Waals surface area (Å²) in [5.74, 6) is -0.756. The first-order valence-electron chi connectivity index (χ1n) is 6.30. The lowest BCUT2D eigenvalue weighted by Gasteiger charge is -2.23. The minimum absolute atomic E-state index is 0.0507. The van der Waals surface area contributed by atoms with Crippen LogP contribution < -0.4 is 10.6 Å². The molecule has 0 bridgehead atoms. The highest BCUT2D eigenvalue weighted by Crippen LogP contribution is 2.33. The normalized spacial score (nSPS) is 19.2. The van der Waals surface area contributed by atoms with E-state index in [0.717, 1.165) is 6.42 Å². The molecule has 3 nitrogen and oxygen atoms in total. The van der Waals surface area contributed by atoms with E-state index in [2.05, 4.69) is 31.4 Å². The predicted molar refractivity (Wildman–Crippen MR) is 76.1 cm³/mol. The van der Waals surface area contributed by atoms with Gasteiger partial charge in [-0.25, -0.2) is 4.39 Å². The van der Waals surface area contributed by atoms with Crippen molar-refractivity contribution in [1.29, 1.82) is 0 Å². The number of fused-ring (bicyclic) bond motifs is 1. The van der Waals surface area contributed by atoms with Crippen LogP contribution in [0, 0.1) is 17.2 Å². The standard InChI is InChI=1S/C14H18ClFN2O/c1-14(2,3)6-8-7-17-11-4-9(15)10(16)5-12(11)18-13(8)19/h4-5,8,17H,6-7H2,1-3H3,(H,18,19). The SMILES string of the molecule is CC(C)(C)CC1CNc2cc(Cl)c(F)cc2NC1=O. The van der Waals surface area contributed by atoms with Gasteiger partial charge < -0.3 is 10.6 Å². The van der Waals surface area contributed by atoms with Gasteiger partial charge in [-0.1, -0.05) is 32.4 Å². The summed E-state index contributed by atoms with van der Waals surface area (Å²) < 4.78 is 13.4. The van der Waals surface area contributed by atoms with Gasteiger partial charge in [0, 0.05) is 12.6 Å². The van der Waals surface area contributed by atoms with Crippen LogP contribution in [0.3, 0.4) is 0 Å². The summed E-state index contributed by atoms with van der Waals surface area (Å²) >= 11 is 5.75. The van der Waals surface area contributed by atoms with Gasteiger partial charge in [-0.2, -0.15) is 0 Å². The van der Waals surface area contributed by atoms with E-state index >= 15 is 0 Å². The van der Waals surface area contributed by atoms with E-state index in [1.807, 2.05) is 0 Å². The molecule has 5 heteroatoms. The van der Waals surface area contributed by atoms with Crippen molar-refractivity contribution >= 4 is 28.9 Å². The number of hydrogen-bond acceptors (Lipinski definition) is 2. The number of anilines is 2. The Balaban J connectivity index is 2.24. The summed E-state index contributed by atoms with van der Waals surface area (Å²) in [5, 5.41) is 5.98. The largest absolute Gasteiger partial charge is 0.383 e. The lowest BCUT2D eigenvalue weighted by Crippen LogP contribution is -2.29. The van der Waals surface area contributed by atoms with Gasteiger partial charge in [-0.15, -0.1) is 0 Å². The van der Waals surface area contributed by atoms with Crippen LogP contribution in [-0.2, 0) is 4.79 Å². The molecule has 1 atom stereocenters. The highest BCUT2D eigenvalue weighted by atomic mass is 35.5. The van der Waals surface area contributed by atoms with Gasteiger partial charge in [0.25, 0.3) is 0 Å². The smallest absolute Gasteiger partial charge is 0.229 e. The molecule has 1 aliphatic rings. The molecule has 104 valence electrons. The van der Waals surface area contributed by atoms with E-state index in [4.69, 9.17) is 11.6 Å². The van der Waals surface area contributed by atoms with Crippen LogP contribution in [-0.4, -0.2) is 12.5 Å². The van der Waals surface area contributed by atoms with E-state index in [1.54, 1.807) is 0 Å². The van der Waals surface area contributed by atoms with Gasteiger partial charge in [-0.05, 0) is 17.9 Å². The van der Waals surface area contributed by atoms with Gasteiger partial charge >= 0.3 is 0 Å². The van der Waals surface area contributed by atoms with Gasteiger partial charge in [0.1, 0.15) is 5.82 Å². The van der Waals surface area contributed by atoms with Crippen LogP contribution in [0.1, 0.15) is 27.2 Å². The highest BCUT2D eigenvalue weighted by Gasteiger charge is 2.28. The summed E-state index contributed by atoms with van der Waals surface area (Å²) in [6, 6.07) is 2.76. The fourth-order valence-electron chi connectivity index (χ4n) is 2.26. The summed E-state index contributed by atoms with van der Waals surface area (Å²) in [6.07, 6.45) is 0.760. The molecule has 0 saturated carbocycles. The van der Waals surface area contributed by atoms with E-state index in [9.17, 15) is 9.18 Å². The molecular weight excluding hydrogens is 267 g/mol. The Morgan fingerprint density at radius 1 is 1.37 bits per heavy atom. The molecule has 0 aliphatic carbocycles. The maximum absolute atomic E-state index is 13.4. The Hall–Kier alpha value is -1.29. The van der Waals surface area contributed by atoms with Crippen molar-refractivity contribution in [1.82, 2.24) is 0 Å². The molecule has 2 rings (SSSR count). The number of amides is 1. The van der Waals surface area contributed by atoms with Crippen molar-refractivity contribution in [3.63, 3.8) is 0 Å². The summed E-state index contributed by atoms with van der Waals surface area (Å²) in [4.78, 5) is 12.1. The second kappa shape index (κ2) is 5.00. The number of nitrogens with one attached hydrogen (secondary N) is 2. The van der Waals surface area contributed by atoms with Gasteiger partial charge in [0.15, 0.2) is 0 Å². The number of hydrogen-bond donors (Lipinski definition) is 2. The summed E-state index contributed by atoms with van der Waals surface area (Å²) in [6.45, 7) is 6.80. The van der Waals surface area contributed by atoms with Crippen LogP contribution >= 0.6 is 11.6 Å². The predicted octanol–water partition coefficient (Wildman–Crippen LogP) is 3.90. The molecule has 1 heterocycles. The number of carbonyl (C=O) groups excluding carboxylic acids is 1. The molecule has 0 saturated heterocycles. The molecular formula is C14H18ClFN2O. The first kappa shape index (κ1) is 14.1. The monoisotopic (exact) mass is 284 g/mol. The molecule has 0 fully saturated rings. The zero-order chi connectivity index (χ0) is 14.2. The maximum atomic E-state index is 13.4. The molecule has 1 unspecified atom stereocenters. The Morgan fingerprint density at radius 3 is 2.68 bits per heavy atom. The van der Waals surface area contributed by atoms with E-state index in [1.165, 1.54) is 12.1 Å². The van der Waals surface area contributed by atoms with Crippen LogP contribution in [0.5, 0.6) is 0 Å². The van der Waals surface area contributed by atoms with Crippen molar-refractivity contribution in [3.05, 3.63) is 23.0 Å². The number of carbonyl (C=O) groups is 1. The third-order valence-corrected chi connectivity index (χ3v) is 3.38. The summed E-state index contributed by atoms with van der Waals surface area (Å²) in [7, 11) is 0. The average Bonchev–Trinajstić information content (AvgIpc) is 2.40. The fourth-order valence-corrected chi connectivity index (χ4v) is 2.42. The van der Waals surface area contributed by atoms with Crippen molar-refractivity contribution in [3.8, 4) is 0 Å². The maximum Gasteiger partial charge on any atom is 0.229 e. The molecule has 2 N–H and O–H groups in total. The van der Waals surface area contributed by atoms with E-state index in [-0.39, 0.29) is 22.3 Å². The van der Waals surface area contributed by atoms with E-state index in [0.29, 0.717) is 17.9 Å². The molecule has 1 aromatic carbocycles. The lowest BCUT2D eigenvalue weighted by atomic mass is 9.84. The van der Waals surface area contributed by atoms with Crippen molar-refractivity contribution < 1.29 is 9.18 Å². The van der Waals surface area contributed by atoms with Gasteiger partial charge in [0.2, 0.25) is 5.91 Å². The first-order valence-corrected chi connectivity index (χ1v) is 6.68. The average molecular weight is 285 g/mol. The third-order valence-electron chi connectivity index (χ3n) is 3.09. The molecule has 19 heavy (non-hydrogen) atoms. The molecule has 0 radical (unpaired) electrons. The second-order valence-electron chi connectivity index (χ2n) is 6.14. The van der Waals surface area contributed by atoms with Gasteiger partial charge in [0.05, 0.1) is 22.3 Å². The zero-order valence-electron chi connectivity index (χ0n) is 11.3. The number of halogens is 2. The molecule has 1 amide bonds. The summed E-state index contributed by atoms with van der Waals surface area (Å²) in [5.41, 5.74) is 1.17. The molecule has 1 aliphatic heterocycles. The molecule has 1 aromatic rings. The molecule has 0 aromatic heterocycles. The minimum Gasteiger partial charge on any atom is -0.383 e. The molecule has 0 spiro atoms. The van der Waals surface area contributed by atoms with Gasteiger partial charge in [-0.3, -0.25) is 4.79 Å². The topological polar surface area (TPSA) is 41.1 Å². The first-order chi connectivity index (χ1) is 8.76. The third kappa shape index (κ3) is 3.38. The minimum atomic E-state index is -0.531. The Labute approximate surface area is 117 Å². The quantitative estimate of drug-likeness (QED) is 0.821. The van der Waals surface area contributed by atoms with Crippen molar-refractivity contribution in [2.24, 2.45) is 11.3 Å². The van der Waals surface area contributed by atoms with E-state index < -0.39 is 5.82 Å². The van der Waals surface area contributed by atoms with Crippen LogP contribution in [0.4, 0.5) is 15.8 Å². The lowest BCUT2D eigenvalue weighted by molar-refractivity contribution is -0.120. The Bertz CT molecular complexity index is 511. The van der Waals surface area contributed by atoms with Crippen molar-refractivity contribution in [2.75, 3.05) is 17.2 Å². The van der Waals surface area contributed by atoms with Crippen LogP contribution in [0.2, 0.25) is 5.02 Å². The number of benzene rings is 1. The second-order valence-corrected chi connectivity index (χ2v) is 6.55. The fraction of sp³-hybridized carbons (Fsp3) is 0.500. The van der Waals surface area contributed by atoms with Crippen LogP contribution in [0.15, 0.2) is 12.1 Å². The van der Waals surface area contributed by atoms with Crippen LogP contribution in [0.25, 0.3) is 0 Å². The zero-order valence-corrected chi connectivity index (χ0v) is 12.1. The Morgan fingerprint density at radius 2 is 2.05 bits per heavy atom. The highest BCUT2D eigenvalue weighted by molar-refractivity contribution is 6.31.